The SMILES string of the molecule is C[C@H]1CC[C@H]2C3=C1C(=O)O[C@@]3(O)[C@@]1(C)C=C(OS(=O)(=O)C(F)(F)F)C[C@H]1C[C@@H]2C. The van der Waals surface area contributed by atoms with E-state index in [1.807, 2.05) is 13.8 Å². The van der Waals surface area contributed by atoms with E-state index in [0.717, 1.165) is 12.8 Å². The number of rotatable bonds is 2. The molecule has 1 aliphatic heterocycles. The maximum absolute atomic E-state index is 12.8. The van der Waals surface area contributed by atoms with Crippen LogP contribution in [0.2, 0.25) is 0 Å². The molecule has 162 valence electrons. The zero-order chi connectivity index (χ0) is 21.6. The van der Waals surface area contributed by atoms with Crippen molar-refractivity contribution in [2.75, 3.05) is 0 Å². The van der Waals surface area contributed by atoms with Gasteiger partial charge in [-0.2, -0.15) is 21.6 Å². The highest BCUT2D eigenvalue weighted by Crippen LogP contribution is 2.63. The first-order valence-corrected chi connectivity index (χ1v) is 11.0. The number of ether oxygens (including phenoxy) is 1. The molecule has 3 aliphatic carbocycles. The molecule has 6 atom stereocenters. The van der Waals surface area contributed by atoms with Gasteiger partial charge >= 0.3 is 21.6 Å². The third-order valence-corrected chi connectivity index (χ3v) is 8.22. The van der Waals surface area contributed by atoms with E-state index in [4.69, 9.17) is 4.74 Å². The van der Waals surface area contributed by atoms with Crippen LogP contribution in [0, 0.1) is 29.1 Å². The summed E-state index contributed by atoms with van der Waals surface area (Å²) >= 11 is 0. The quantitative estimate of drug-likeness (QED) is 0.406. The van der Waals surface area contributed by atoms with Crippen LogP contribution >= 0.6 is 0 Å². The van der Waals surface area contributed by atoms with Gasteiger partial charge in [-0.3, -0.25) is 0 Å². The normalized spacial score (nSPS) is 42.0. The van der Waals surface area contributed by atoms with Gasteiger partial charge in [-0.1, -0.05) is 13.8 Å². The fourth-order valence-electron chi connectivity index (χ4n) is 5.67. The number of hydrogen-bond donors (Lipinski definition) is 1. The van der Waals surface area contributed by atoms with Gasteiger partial charge in [-0.05, 0) is 55.9 Å². The number of esters is 1. The molecular formula is C19H23F3O6S. The highest BCUT2D eigenvalue weighted by Gasteiger charge is 2.67. The van der Waals surface area contributed by atoms with E-state index >= 15 is 0 Å². The molecule has 0 aromatic rings. The summed E-state index contributed by atoms with van der Waals surface area (Å²) in [7, 11) is -5.82. The Labute approximate surface area is 166 Å². The molecule has 0 saturated heterocycles. The van der Waals surface area contributed by atoms with Crippen LogP contribution in [-0.4, -0.2) is 30.8 Å². The lowest BCUT2D eigenvalue weighted by atomic mass is 9.67. The molecule has 1 N–H and O–H groups in total. The van der Waals surface area contributed by atoms with Crippen LogP contribution in [0.5, 0.6) is 0 Å². The van der Waals surface area contributed by atoms with Gasteiger partial charge in [-0.25, -0.2) is 4.79 Å². The van der Waals surface area contributed by atoms with Crippen LogP contribution in [0.15, 0.2) is 23.0 Å². The van der Waals surface area contributed by atoms with Gasteiger partial charge < -0.3 is 14.0 Å². The second-order valence-corrected chi connectivity index (χ2v) is 10.5. The number of fused-ring (bicyclic) bond motifs is 2. The Hall–Kier alpha value is -1.55. The second kappa shape index (κ2) is 6.00. The van der Waals surface area contributed by atoms with Crippen molar-refractivity contribution in [3.63, 3.8) is 0 Å². The summed E-state index contributed by atoms with van der Waals surface area (Å²) in [4.78, 5) is 12.6. The van der Waals surface area contributed by atoms with Crippen LogP contribution in [0.1, 0.15) is 46.5 Å². The van der Waals surface area contributed by atoms with Crippen molar-refractivity contribution in [3.8, 4) is 0 Å². The van der Waals surface area contributed by atoms with E-state index < -0.39 is 38.7 Å². The van der Waals surface area contributed by atoms with Gasteiger partial charge in [0.05, 0.1) is 5.41 Å². The zero-order valence-electron chi connectivity index (χ0n) is 16.2. The predicted octanol–water partition coefficient (Wildman–Crippen LogP) is 3.39. The van der Waals surface area contributed by atoms with Crippen molar-refractivity contribution in [2.45, 2.75) is 57.7 Å². The van der Waals surface area contributed by atoms with Crippen LogP contribution in [-0.2, 0) is 23.8 Å². The van der Waals surface area contributed by atoms with Crippen molar-refractivity contribution in [3.05, 3.63) is 23.0 Å². The highest BCUT2D eigenvalue weighted by atomic mass is 32.2. The molecule has 4 rings (SSSR count). The third-order valence-electron chi connectivity index (χ3n) is 7.22. The van der Waals surface area contributed by atoms with E-state index in [1.54, 1.807) is 6.92 Å². The zero-order valence-corrected chi connectivity index (χ0v) is 17.1. The molecule has 0 spiro atoms. The summed E-state index contributed by atoms with van der Waals surface area (Å²) in [5.74, 6) is -3.60. The summed E-state index contributed by atoms with van der Waals surface area (Å²) in [5.41, 5.74) is -5.89. The Bertz CT molecular complexity index is 936. The van der Waals surface area contributed by atoms with E-state index in [9.17, 15) is 31.5 Å². The summed E-state index contributed by atoms with van der Waals surface area (Å²) in [5, 5.41) is 11.6. The Morgan fingerprint density at radius 3 is 2.55 bits per heavy atom. The molecule has 0 unspecified atom stereocenters. The van der Waals surface area contributed by atoms with Gasteiger partial charge in [0.2, 0.25) is 5.79 Å². The minimum absolute atomic E-state index is 0.0346. The minimum atomic E-state index is -5.82. The van der Waals surface area contributed by atoms with Gasteiger partial charge in [0.15, 0.2) is 0 Å². The molecule has 0 bridgehead atoms. The van der Waals surface area contributed by atoms with E-state index in [1.165, 1.54) is 6.08 Å². The first-order valence-electron chi connectivity index (χ1n) is 9.64. The number of carbonyl (C=O) groups excluding carboxylic acids is 1. The lowest BCUT2D eigenvalue weighted by molar-refractivity contribution is -0.222. The molecule has 0 aromatic carbocycles. The molecular weight excluding hydrogens is 413 g/mol. The van der Waals surface area contributed by atoms with Crippen LogP contribution in [0.25, 0.3) is 0 Å². The van der Waals surface area contributed by atoms with Gasteiger partial charge in [0, 0.05) is 17.6 Å². The summed E-state index contributed by atoms with van der Waals surface area (Å²) in [6, 6.07) is 0. The molecule has 0 aromatic heterocycles. The molecule has 10 heteroatoms. The van der Waals surface area contributed by atoms with E-state index in [0.29, 0.717) is 17.6 Å². The fraction of sp³-hybridized carbons (Fsp3) is 0.737. The van der Waals surface area contributed by atoms with Gasteiger partial charge in [0.25, 0.3) is 0 Å². The fourth-order valence-corrected chi connectivity index (χ4v) is 6.16. The lowest BCUT2D eigenvalue weighted by Gasteiger charge is -2.42. The van der Waals surface area contributed by atoms with Crippen LogP contribution < -0.4 is 0 Å². The summed E-state index contributed by atoms with van der Waals surface area (Å²) < 4.78 is 71.1. The second-order valence-electron chi connectivity index (χ2n) is 8.94. The molecule has 1 fully saturated rings. The standard InChI is InChI=1S/C19H23F3O6S/c1-9-4-5-13-10(2)6-11-7-12(28-29(25,26)19(20,21)22)8-17(11,3)18(24)15(13)14(9)16(23)27-18/h8-11,13,24H,4-7H2,1-3H3/t9-,10-,11+,13+,17-,18+/m0/s1. The number of carbonyl (C=O) groups is 1. The van der Waals surface area contributed by atoms with Gasteiger partial charge in [0.1, 0.15) is 5.76 Å². The topological polar surface area (TPSA) is 89.9 Å². The monoisotopic (exact) mass is 436 g/mol. The van der Waals surface area contributed by atoms with E-state index in [2.05, 4.69) is 4.18 Å². The predicted molar refractivity (Wildman–Crippen MR) is 94.1 cm³/mol. The van der Waals surface area contributed by atoms with Crippen molar-refractivity contribution >= 4 is 16.1 Å². The number of halogens is 3. The highest BCUT2D eigenvalue weighted by molar-refractivity contribution is 7.87. The smallest absolute Gasteiger partial charge is 0.425 e. The van der Waals surface area contributed by atoms with Crippen molar-refractivity contribution in [1.29, 1.82) is 0 Å². The average molecular weight is 436 g/mol. The Morgan fingerprint density at radius 2 is 1.93 bits per heavy atom. The maximum atomic E-state index is 12.8. The Balaban J connectivity index is 1.82. The lowest BCUT2D eigenvalue weighted by Crippen LogP contribution is -2.50. The molecule has 0 radical (unpaired) electrons. The maximum Gasteiger partial charge on any atom is 0.534 e. The van der Waals surface area contributed by atoms with Crippen molar-refractivity contribution < 1.29 is 40.4 Å². The average Bonchev–Trinajstić information content (AvgIpc) is 3.01. The first-order chi connectivity index (χ1) is 13.2. The molecule has 1 heterocycles. The summed E-state index contributed by atoms with van der Waals surface area (Å²) in [6.45, 7) is 5.45. The van der Waals surface area contributed by atoms with Crippen molar-refractivity contribution in [1.82, 2.24) is 0 Å². The Morgan fingerprint density at radius 1 is 1.28 bits per heavy atom. The number of hydrogen-bond acceptors (Lipinski definition) is 6. The number of allylic oxidation sites excluding steroid dienone is 1. The van der Waals surface area contributed by atoms with Crippen molar-refractivity contribution in [2.24, 2.45) is 29.1 Å². The molecule has 4 aliphatic rings. The first kappa shape index (κ1) is 20.7. The van der Waals surface area contributed by atoms with E-state index in [-0.39, 0.29) is 29.9 Å². The summed E-state index contributed by atoms with van der Waals surface area (Å²) in [6.07, 6.45) is 3.20. The molecule has 29 heavy (non-hydrogen) atoms. The molecule has 0 amide bonds. The van der Waals surface area contributed by atoms with Crippen LogP contribution in [0.3, 0.4) is 0 Å². The molecule has 1 saturated carbocycles. The molecule has 6 nitrogen and oxygen atoms in total. The Kier molecular flexibility index (Phi) is 4.28. The van der Waals surface area contributed by atoms with Gasteiger partial charge in [-0.15, -0.1) is 0 Å². The third kappa shape index (κ3) is 2.71. The number of alkyl halides is 3. The number of aliphatic hydroxyl groups is 1. The minimum Gasteiger partial charge on any atom is -0.425 e. The largest absolute Gasteiger partial charge is 0.534 e. The van der Waals surface area contributed by atoms with Crippen LogP contribution in [0.4, 0.5) is 13.2 Å².